The molecule has 3 rings (SSSR count). The lowest BCUT2D eigenvalue weighted by Gasteiger charge is -2.46. The highest BCUT2D eigenvalue weighted by Crippen LogP contribution is 2.32. The van der Waals surface area contributed by atoms with Crippen molar-refractivity contribution in [2.75, 3.05) is 32.4 Å². The molecule has 1 atom stereocenters. The highest BCUT2D eigenvalue weighted by molar-refractivity contribution is 8.00. The van der Waals surface area contributed by atoms with E-state index in [1.807, 2.05) is 11.8 Å². The van der Waals surface area contributed by atoms with E-state index >= 15 is 0 Å². The normalized spacial score (nSPS) is 33.0. The summed E-state index contributed by atoms with van der Waals surface area (Å²) in [6, 6.07) is 0.766. The Bertz CT molecular complexity index is 224. The average molecular weight is 256 g/mol. The van der Waals surface area contributed by atoms with Crippen LogP contribution in [0.25, 0.3) is 0 Å². The Hall–Kier alpha value is 0.270. The van der Waals surface area contributed by atoms with Crippen LogP contribution in [0.2, 0.25) is 0 Å². The Morgan fingerprint density at radius 3 is 2.29 bits per heavy atom. The topological polar surface area (TPSA) is 15.3 Å². The predicted molar refractivity (Wildman–Crippen MR) is 77.8 cm³/mol. The van der Waals surface area contributed by atoms with Gasteiger partial charge in [0.25, 0.3) is 0 Å². The van der Waals surface area contributed by atoms with Gasteiger partial charge in [-0.25, -0.2) is 0 Å². The number of nitrogens with one attached hydrogen (secondary N) is 1. The lowest BCUT2D eigenvalue weighted by Crippen LogP contribution is -2.57. The van der Waals surface area contributed by atoms with Gasteiger partial charge in [-0.15, -0.1) is 0 Å². The molecular formula is C14H28N2S. The van der Waals surface area contributed by atoms with Crippen LogP contribution < -0.4 is 5.32 Å². The Labute approximate surface area is 111 Å². The van der Waals surface area contributed by atoms with Crippen molar-refractivity contribution in [3.05, 3.63) is 0 Å². The number of nitrogens with zero attached hydrogens (tertiary/aromatic N) is 1. The van der Waals surface area contributed by atoms with Gasteiger partial charge in [0, 0.05) is 23.9 Å². The second-order valence-corrected chi connectivity index (χ2v) is 6.99. The SMILES string of the molecule is CCC(CC)(CNC1CN2CCC1CC2)SC. The maximum atomic E-state index is 3.88. The molecule has 3 aliphatic heterocycles. The molecular weight excluding hydrogens is 228 g/mol. The third-order valence-corrected chi connectivity index (χ3v) is 6.65. The zero-order valence-electron chi connectivity index (χ0n) is 11.7. The fraction of sp³-hybridized carbons (Fsp3) is 1.00. The van der Waals surface area contributed by atoms with Crippen molar-refractivity contribution >= 4 is 11.8 Å². The zero-order valence-corrected chi connectivity index (χ0v) is 12.5. The molecule has 0 radical (unpaired) electrons. The Balaban J connectivity index is 1.85. The lowest BCUT2D eigenvalue weighted by atomic mass is 9.83. The van der Waals surface area contributed by atoms with Gasteiger partial charge in [0.1, 0.15) is 0 Å². The number of fused-ring (bicyclic) bond motifs is 3. The molecule has 0 saturated carbocycles. The lowest BCUT2D eigenvalue weighted by molar-refractivity contribution is 0.0714. The Kier molecular flexibility index (Phi) is 4.79. The number of hydrogen-bond donors (Lipinski definition) is 1. The minimum atomic E-state index is 0.464. The smallest absolute Gasteiger partial charge is 0.0276 e. The maximum absolute atomic E-state index is 3.88. The molecule has 3 fully saturated rings. The summed E-state index contributed by atoms with van der Waals surface area (Å²) in [6.07, 6.45) is 7.66. The van der Waals surface area contributed by atoms with Crippen molar-refractivity contribution in [3.8, 4) is 0 Å². The molecule has 2 bridgehead atoms. The summed E-state index contributed by atoms with van der Waals surface area (Å²) in [6.45, 7) is 9.84. The average Bonchev–Trinajstić information content (AvgIpc) is 2.42. The second kappa shape index (κ2) is 5.94. The fourth-order valence-corrected chi connectivity index (χ4v) is 4.18. The van der Waals surface area contributed by atoms with E-state index in [4.69, 9.17) is 0 Å². The number of hydrogen-bond acceptors (Lipinski definition) is 3. The summed E-state index contributed by atoms with van der Waals surface area (Å²) >= 11 is 2.05. The summed E-state index contributed by atoms with van der Waals surface area (Å²) in [5, 5.41) is 3.88. The summed E-state index contributed by atoms with van der Waals surface area (Å²) in [5.41, 5.74) is 0. The van der Waals surface area contributed by atoms with Crippen LogP contribution in [0.1, 0.15) is 39.5 Å². The van der Waals surface area contributed by atoms with Gasteiger partial charge in [0.2, 0.25) is 0 Å². The third kappa shape index (κ3) is 2.99. The molecule has 3 heterocycles. The molecule has 0 spiro atoms. The van der Waals surface area contributed by atoms with Gasteiger partial charge in [-0.2, -0.15) is 11.8 Å². The second-order valence-electron chi connectivity index (χ2n) is 5.72. The van der Waals surface area contributed by atoms with Crippen molar-refractivity contribution in [2.24, 2.45) is 5.92 Å². The molecule has 0 amide bonds. The van der Waals surface area contributed by atoms with Crippen molar-refractivity contribution in [3.63, 3.8) is 0 Å². The summed E-state index contributed by atoms with van der Waals surface area (Å²) in [5.74, 6) is 0.952. The Morgan fingerprint density at radius 1 is 1.24 bits per heavy atom. The highest BCUT2D eigenvalue weighted by Gasteiger charge is 2.35. The largest absolute Gasteiger partial charge is 0.311 e. The van der Waals surface area contributed by atoms with Crippen LogP contribution in [0.5, 0.6) is 0 Å². The molecule has 17 heavy (non-hydrogen) atoms. The van der Waals surface area contributed by atoms with Crippen LogP contribution in [0, 0.1) is 5.92 Å². The standard InChI is InChI=1S/C14H28N2S/c1-4-14(5-2,17-3)11-15-13-10-16-8-6-12(13)7-9-16/h12-13,15H,4-11H2,1-3H3. The summed E-state index contributed by atoms with van der Waals surface area (Å²) < 4.78 is 0.464. The van der Waals surface area contributed by atoms with Crippen LogP contribution in [-0.2, 0) is 0 Å². The van der Waals surface area contributed by atoms with Gasteiger partial charge in [0.05, 0.1) is 0 Å². The number of thioether (sulfide) groups is 1. The van der Waals surface area contributed by atoms with E-state index in [1.165, 1.54) is 51.9 Å². The fourth-order valence-electron chi connectivity index (χ4n) is 3.37. The van der Waals surface area contributed by atoms with Gasteiger partial charge >= 0.3 is 0 Å². The quantitative estimate of drug-likeness (QED) is 0.786. The first-order valence-corrected chi connectivity index (χ1v) is 8.46. The molecule has 3 heteroatoms. The molecule has 1 N–H and O–H groups in total. The maximum Gasteiger partial charge on any atom is 0.0276 e. The van der Waals surface area contributed by atoms with E-state index < -0.39 is 0 Å². The van der Waals surface area contributed by atoms with Crippen LogP contribution in [-0.4, -0.2) is 48.1 Å². The first-order valence-electron chi connectivity index (χ1n) is 7.24. The number of rotatable bonds is 6. The van der Waals surface area contributed by atoms with Crippen molar-refractivity contribution in [1.82, 2.24) is 10.2 Å². The van der Waals surface area contributed by atoms with Crippen LogP contribution in [0.15, 0.2) is 0 Å². The van der Waals surface area contributed by atoms with Gasteiger partial charge in [-0.3, -0.25) is 0 Å². The van der Waals surface area contributed by atoms with Gasteiger partial charge < -0.3 is 10.2 Å². The van der Waals surface area contributed by atoms with E-state index in [0.717, 1.165) is 12.0 Å². The monoisotopic (exact) mass is 256 g/mol. The summed E-state index contributed by atoms with van der Waals surface area (Å²) in [4.78, 5) is 2.64. The molecule has 3 saturated heterocycles. The van der Waals surface area contributed by atoms with Gasteiger partial charge in [0.15, 0.2) is 0 Å². The van der Waals surface area contributed by atoms with E-state index in [9.17, 15) is 0 Å². The molecule has 0 aromatic heterocycles. The van der Waals surface area contributed by atoms with E-state index in [2.05, 4.69) is 30.3 Å². The zero-order chi connectivity index (χ0) is 12.3. The van der Waals surface area contributed by atoms with Gasteiger partial charge in [-0.05, 0) is 50.9 Å². The molecule has 0 aliphatic carbocycles. The molecule has 0 aromatic rings. The van der Waals surface area contributed by atoms with E-state index in [1.54, 1.807) is 0 Å². The van der Waals surface area contributed by atoms with Crippen molar-refractivity contribution in [1.29, 1.82) is 0 Å². The predicted octanol–water partition coefficient (Wildman–Crippen LogP) is 2.59. The van der Waals surface area contributed by atoms with E-state index in [0.29, 0.717) is 4.75 Å². The Morgan fingerprint density at radius 2 is 1.88 bits per heavy atom. The molecule has 3 aliphatic rings. The molecule has 100 valence electrons. The van der Waals surface area contributed by atoms with Crippen molar-refractivity contribution < 1.29 is 0 Å². The first-order chi connectivity index (χ1) is 8.23. The first kappa shape index (κ1) is 13.7. The summed E-state index contributed by atoms with van der Waals surface area (Å²) in [7, 11) is 0. The molecule has 1 unspecified atom stereocenters. The molecule has 2 nitrogen and oxygen atoms in total. The molecule has 0 aromatic carbocycles. The highest BCUT2D eigenvalue weighted by atomic mass is 32.2. The minimum absolute atomic E-state index is 0.464. The minimum Gasteiger partial charge on any atom is -0.311 e. The van der Waals surface area contributed by atoms with Gasteiger partial charge in [-0.1, -0.05) is 13.8 Å². The van der Waals surface area contributed by atoms with E-state index in [-0.39, 0.29) is 0 Å². The van der Waals surface area contributed by atoms with Crippen LogP contribution in [0.4, 0.5) is 0 Å². The third-order valence-electron chi connectivity index (χ3n) is 5.06. The van der Waals surface area contributed by atoms with Crippen molar-refractivity contribution in [2.45, 2.75) is 50.3 Å². The van der Waals surface area contributed by atoms with Crippen LogP contribution >= 0.6 is 11.8 Å². The van der Waals surface area contributed by atoms with Crippen LogP contribution in [0.3, 0.4) is 0 Å². The number of piperidine rings is 3.